The van der Waals surface area contributed by atoms with E-state index in [1.165, 1.54) is 0 Å². The molecule has 12 nitrogen and oxygen atoms in total. The van der Waals surface area contributed by atoms with Crippen LogP contribution >= 0.6 is 0 Å². The Kier molecular flexibility index (Phi) is 26.2. The van der Waals surface area contributed by atoms with Crippen LogP contribution in [0.1, 0.15) is 109 Å². The first-order valence-electron chi connectivity index (χ1n) is 18.0. The van der Waals surface area contributed by atoms with Crippen molar-refractivity contribution < 1.29 is 37.6 Å². The summed E-state index contributed by atoms with van der Waals surface area (Å²) >= 11 is 0. The molecular weight excluding hydrogens is 636 g/mol. The minimum atomic E-state index is -0.352. The first-order chi connectivity index (χ1) is 22.2. The van der Waals surface area contributed by atoms with Gasteiger partial charge in [-0.1, -0.05) is 55.4 Å². The number of rotatable bonds is 16. The number of carbonyl (C=O) groups excluding carboxylic acids is 4. The predicted octanol–water partition coefficient (Wildman–Crippen LogP) is 5.37. The van der Waals surface area contributed by atoms with Gasteiger partial charge in [-0.3, -0.25) is 33.5 Å². The molecule has 0 radical (unpaired) electrons. The van der Waals surface area contributed by atoms with Crippen molar-refractivity contribution in [2.75, 3.05) is 97.3 Å². The molecule has 0 spiro atoms. The van der Waals surface area contributed by atoms with Crippen molar-refractivity contribution in [3.8, 4) is 0 Å². The molecule has 2 N–H and O–H groups in total. The summed E-state index contributed by atoms with van der Waals surface area (Å²) in [6, 6.07) is 0. The van der Waals surface area contributed by atoms with Crippen molar-refractivity contribution in [1.82, 2.24) is 20.4 Å². The summed E-state index contributed by atoms with van der Waals surface area (Å²) in [7, 11) is 19.7. The van der Waals surface area contributed by atoms with Gasteiger partial charge in [-0.15, -0.1) is 0 Å². The van der Waals surface area contributed by atoms with Gasteiger partial charge in [0, 0.05) is 10.8 Å². The molecule has 0 aliphatic heterocycles. The zero-order valence-corrected chi connectivity index (χ0v) is 36.9. The van der Waals surface area contributed by atoms with Gasteiger partial charge in [0.25, 0.3) is 0 Å². The number of nitrogens with one attached hydrogen (secondary N) is 2. The van der Waals surface area contributed by atoms with Crippen LogP contribution in [0.4, 0.5) is 0 Å². The lowest BCUT2D eigenvalue weighted by Gasteiger charge is -2.27. The fraction of sp³-hybridized carbons (Fsp3) is 0.895. The van der Waals surface area contributed by atoms with E-state index in [9.17, 15) is 19.2 Å². The number of amides is 2. The van der Waals surface area contributed by atoms with Gasteiger partial charge < -0.3 is 24.6 Å². The molecule has 0 atom stereocenters. The molecule has 0 aromatic heterocycles. The van der Waals surface area contributed by atoms with Crippen LogP contribution in [0.2, 0.25) is 0 Å². The van der Waals surface area contributed by atoms with Crippen molar-refractivity contribution in [2.24, 2.45) is 21.7 Å². The number of nitrogens with zero attached hydrogens (tertiary/aromatic N) is 4. The van der Waals surface area contributed by atoms with E-state index in [2.05, 4.69) is 31.8 Å². The number of hydrogen-bond donors (Lipinski definition) is 2. The molecule has 12 heteroatoms. The maximum absolute atomic E-state index is 11.6. The SMILES string of the molecule is CCC(C)(C)C(=O)NCN(C)C.CCC(C)(C)C(=O)NC[N+](C)(C)C.CCC(C)(C)C(=O)OCN(C)C.CCC(C)(C)C(=O)OC[N+](C)(C)C. The van der Waals surface area contributed by atoms with Crippen LogP contribution in [0.5, 0.6) is 0 Å². The van der Waals surface area contributed by atoms with Crippen LogP contribution in [0.25, 0.3) is 0 Å². The van der Waals surface area contributed by atoms with Crippen molar-refractivity contribution in [1.29, 1.82) is 0 Å². The van der Waals surface area contributed by atoms with Crippen LogP contribution in [-0.2, 0) is 28.7 Å². The van der Waals surface area contributed by atoms with Crippen LogP contribution in [-0.4, -0.2) is 140 Å². The van der Waals surface area contributed by atoms with E-state index in [0.29, 0.717) is 31.3 Å². The third-order valence-corrected chi connectivity index (χ3v) is 8.18. The maximum atomic E-state index is 11.6. The average molecular weight is 721 g/mol. The van der Waals surface area contributed by atoms with Gasteiger partial charge >= 0.3 is 11.9 Å². The summed E-state index contributed by atoms with van der Waals surface area (Å²) in [5.74, 6) is 0.0310. The molecule has 0 aliphatic carbocycles. The molecule has 0 saturated heterocycles. The fourth-order valence-electron chi connectivity index (χ4n) is 2.46. The molecule has 0 saturated carbocycles. The minimum Gasteiger partial charge on any atom is -0.449 e. The Hall–Kier alpha value is -2.28. The highest BCUT2D eigenvalue weighted by molar-refractivity contribution is 5.82. The van der Waals surface area contributed by atoms with Gasteiger partial charge in [-0.2, -0.15) is 0 Å². The van der Waals surface area contributed by atoms with Gasteiger partial charge in [0.1, 0.15) is 6.73 Å². The Morgan fingerprint density at radius 1 is 0.520 bits per heavy atom. The second kappa shape index (κ2) is 24.1. The molecule has 0 aromatic carbocycles. The molecule has 0 aliphatic rings. The summed E-state index contributed by atoms with van der Waals surface area (Å²) < 4.78 is 11.6. The molecule has 0 aromatic rings. The van der Waals surface area contributed by atoms with Crippen LogP contribution in [0, 0.1) is 21.7 Å². The molecule has 0 rings (SSSR count). The lowest BCUT2D eigenvalue weighted by Crippen LogP contribution is -2.48. The molecule has 0 fully saturated rings. The number of hydrogen-bond acceptors (Lipinski definition) is 8. The third-order valence-electron chi connectivity index (χ3n) is 8.18. The summed E-state index contributed by atoms with van der Waals surface area (Å²) in [6.07, 6.45) is 3.35. The van der Waals surface area contributed by atoms with E-state index in [1.54, 1.807) is 0 Å². The zero-order valence-electron chi connectivity index (χ0n) is 36.9. The van der Waals surface area contributed by atoms with Gasteiger partial charge in [-0.05, 0) is 81.6 Å². The van der Waals surface area contributed by atoms with E-state index in [1.807, 2.05) is 142 Å². The van der Waals surface area contributed by atoms with E-state index in [0.717, 1.165) is 30.2 Å². The number of quaternary nitrogens is 2. The average Bonchev–Trinajstić information content (AvgIpc) is 2.99. The second-order valence-corrected chi connectivity index (χ2v) is 18.1. The molecule has 0 heterocycles. The lowest BCUT2D eigenvalue weighted by atomic mass is 9.89. The number of ether oxygens (including phenoxy) is 2. The first-order valence-corrected chi connectivity index (χ1v) is 18.0. The van der Waals surface area contributed by atoms with E-state index in [-0.39, 0.29) is 45.4 Å². The normalized spacial score (nSPS) is 12.3. The summed E-state index contributed by atoms with van der Waals surface area (Å²) in [6.45, 7) is 25.6. The van der Waals surface area contributed by atoms with Crippen LogP contribution < -0.4 is 10.6 Å². The Labute approximate surface area is 309 Å². The van der Waals surface area contributed by atoms with Gasteiger partial charge in [0.2, 0.25) is 18.5 Å². The molecule has 0 unspecified atom stereocenters. The third kappa shape index (κ3) is 29.5. The van der Waals surface area contributed by atoms with Crippen molar-refractivity contribution in [2.45, 2.75) is 109 Å². The topological polar surface area (TPSA) is 117 Å². The second-order valence-electron chi connectivity index (χ2n) is 18.1. The smallest absolute Gasteiger partial charge is 0.315 e. The zero-order chi connectivity index (χ0) is 40.9. The molecule has 2 amide bonds. The standard InChI is InChI=1S/C10H22N2O.C10H22NO2.C9H20N2O.C9H19NO2/c1-7-10(2,3)9(13)11-8-12(4,5)6;1-7-10(2,3)9(12)13-8-11(4,5)6;1-6-9(2,3)8(12)10-7-11(4)5;1-6-9(2,3)8(11)12-7-10(4)5/h2*7-8H2,1-6H3;6-7H2,1-5H3,(H,10,12);6-7H2,1-5H3/q;+1;;/p+1. The van der Waals surface area contributed by atoms with Crippen LogP contribution in [0.3, 0.4) is 0 Å². The Balaban J connectivity index is -0.000000282. The quantitative estimate of drug-likeness (QED) is 0.124. The van der Waals surface area contributed by atoms with Crippen molar-refractivity contribution in [3.63, 3.8) is 0 Å². The highest BCUT2D eigenvalue weighted by Crippen LogP contribution is 2.22. The lowest BCUT2D eigenvalue weighted by molar-refractivity contribution is -0.888. The van der Waals surface area contributed by atoms with Gasteiger partial charge in [0.05, 0.1) is 59.8 Å². The molecule has 300 valence electrons. The monoisotopic (exact) mass is 721 g/mol. The van der Waals surface area contributed by atoms with E-state index in [4.69, 9.17) is 9.47 Å². The summed E-state index contributed by atoms with van der Waals surface area (Å²) in [4.78, 5) is 49.7. The maximum Gasteiger partial charge on any atom is 0.315 e. The molecule has 0 bridgehead atoms. The fourth-order valence-corrected chi connectivity index (χ4v) is 2.46. The van der Waals surface area contributed by atoms with E-state index >= 15 is 0 Å². The molecule has 50 heavy (non-hydrogen) atoms. The minimum absolute atomic E-state index is 0.108. The molecular formula is C38H84N6O6+2. The van der Waals surface area contributed by atoms with Crippen molar-refractivity contribution in [3.05, 3.63) is 0 Å². The number of esters is 2. The largest absolute Gasteiger partial charge is 0.449 e. The van der Waals surface area contributed by atoms with E-state index < -0.39 is 0 Å². The first kappa shape index (κ1) is 54.5. The summed E-state index contributed by atoms with van der Waals surface area (Å²) in [5.41, 5.74) is -1.18. The summed E-state index contributed by atoms with van der Waals surface area (Å²) in [5, 5.41) is 5.81. The van der Waals surface area contributed by atoms with Crippen molar-refractivity contribution >= 4 is 23.8 Å². The Bertz CT molecular complexity index is 899. The Morgan fingerprint density at radius 3 is 1.14 bits per heavy atom. The predicted molar refractivity (Wildman–Crippen MR) is 208 cm³/mol. The number of carbonyl (C=O) groups is 4. The van der Waals surface area contributed by atoms with Gasteiger partial charge in [-0.25, -0.2) is 0 Å². The highest BCUT2D eigenvalue weighted by Gasteiger charge is 2.29. The highest BCUT2D eigenvalue weighted by atomic mass is 16.6. The van der Waals surface area contributed by atoms with Crippen LogP contribution in [0.15, 0.2) is 0 Å². The van der Waals surface area contributed by atoms with Gasteiger partial charge in [0.15, 0.2) is 6.67 Å². The Morgan fingerprint density at radius 2 is 0.860 bits per heavy atom.